The topological polar surface area (TPSA) is 151 Å². The number of hydrogen-bond acceptors (Lipinski definition) is 8. The molecule has 0 aliphatic rings. The van der Waals surface area contributed by atoms with Crippen LogP contribution in [-0.2, 0) is 44.9 Å². The third kappa shape index (κ3) is 13.2. The van der Waals surface area contributed by atoms with Gasteiger partial charge in [0.05, 0.1) is 44.7 Å². The number of carbonyl (C=O) groups excluding carboxylic acids is 4. The molecule has 0 aliphatic carbocycles. The number of benzene rings is 8. The third-order valence-electron chi connectivity index (χ3n) is 14.1. The number of hydrogen-bond donors (Lipinski definition) is 4. The molecule has 12 nitrogen and oxygen atoms in total. The number of aromatic nitrogens is 4. The lowest BCUT2D eigenvalue weighted by atomic mass is 10.0. The Hall–Kier alpha value is -9.50. The van der Waals surface area contributed by atoms with Crippen LogP contribution in [0.1, 0.15) is 44.5 Å². The molecule has 2 atom stereocenters. The van der Waals surface area contributed by atoms with Crippen LogP contribution in [-0.4, -0.2) is 54.5 Å². The van der Waals surface area contributed by atoms with E-state index in [-0.39, 0.29) is 36.5 Å². The van der Waals surface area contributed by atoms with Gasteiger partial charge in [-0.15, -0.1) is 0 Å². The Labute approximate surface area is 483 Å². The van der Waals surface area contributed by atoms with E-state index in [9.17, 15) is 19.2 Å². The average molecular weight is 1120 g/mol. The smallest absolute Gasteiger partial charge is 0.247 e. The number of thiazole rings is 2. The lowest BCUT2D eigenvalue weighted by molar-refractivity contribution is -0.126. The minimum Gasteiger partial charge on any atom is -0.344 e. The third-order valence-corrected chi connectivity index (χ3v) is 16.1. The number of para-hydroxylation sites is 2. The van der Waals surface area contributed by atoms with Crippen LogP contribution >= 0.6 is 22.7 Å². The first-order valence-electron chi connectivity index (χ1n) is 27.2. The molecule has 0 saturated carbocycles. The summed E-state index contributed by atoms with van der Waals surface area (Å²) in [7, 11) is 0. The number of aryl methyl sites for hydroxylation is 4. The highest BCUT2D eigenvalue weighted by molar-refractivity contribution is 7.24. The van der Waals surface area contributed by atoms with Crippen LogP contribution in [0.15, 0.2) is 207 Å². The second-order valence-electron chi connectivity index (χ2n) is 20.8. The van der Waals surface area contributed by atoms with E-state index in [4.69, 9.17) is 9.97 Å². The normalized spacial score (nSPS) is 12.0. The molecule has 12 aromatic rings. The molecule has 82 heavy (non-hydrogen) atoms. The Kier molecular flexibility index (Phi) is 16.3. The van der Waals surface area contributed by atoms with Crippen LogP contribution in [0.2, 0.25) is 0 Å². The van der Waals surface area contributed by atoms with Crippen LogP contribution < -0.4 is 21.3 Å². The van der Waals surface area contributed by atoms with Gasteiger partial charge in [0.1, 0.15) is 12.1 Å². The fraction of sp³-hybridized carbons (Fsp3) is 0.147. The van der Waals surface area contributed by atoms with E-state index in [1.54, 1.807) is 22.7 Å². The van der Waals surface area contributed by atoms with Gasteiger partial charge in [-0.3, -0.25) is 28.0 Å². The van der Waals surface area contributed by atoms with Crippen molar-refractivity contribution in [3.63, 3.8) is 0 Å². The second kappa shape index (κ2) is 24.5. The minimum absolute atomic E-state index is 0.186. The molecule has 0 spiro atoms. The quantitative estimate of drug-likeness (QED) is 0.0756. The molecule has 0 saturated heterocycles. The monoisotopic (exact) mass is 1120 g/mol. The van der Waals surface area contributed by atoms with Crippen molar-refractivity contribution >= 4 is 88.0 Å². The van der Waals surface area contributed by atoms with Gasteiger partial charge in [0.25, 0.3) is 0 Å². The molecule has 4 amide bonds. The molecule has 4 N–H and O–H groups in total. The van der Waals surface area contributed by atoms with Crippen molar-refractivity contribution in [3.8, 4) is 22.5 Å². The number of nitrogens with one attached hydrogen (secondary N) is 4. The molecule has 0 aliphatic heterocycles. The highest BCUT2D eigenvalue weighted by Gasteiger charge is 2.24. The Bertz CT molecular complexity index is 3950. The van der Waals surface area contributed by atoms with Crippen LogP contribution in [0.4, 0.5) is 11.4 Å². The van der Waals surface area contributed by atoms with Gasteiger partial charge in [0.2, 0.25) is 23.6 Å². The number of rotatable bonds is 16. The molecule has 4 aromatic heterocycles. The van der Waals surface area contributed by atoms with E-state index in [2.05, 4.69) is 66.5 Å². The molecule has 8 aromatic carbocycles. The van der Waals surface area contributed by atoms with E-state index in [0.29, 0.717) is 24.2 Å². The summed E-state index contributed by atoms with van der Waals surface area (Å²) in [5.74, 6) is -0.892. The van der Waals surface area contributed by atoms with Crippen molar-refractivity contribution in [2.45, 2.75) is 65.5 Å². The van der Waals surface area contributed by atoms with E-state index in [1.165, 1.54) is 9.40 Å². The van der Waals surface area contributed by atoms with Crippen molar-refractivity contribution in [1.29, 1.82) is 0 Å². The summed E-state index contributed by atoms with van der Waals surface area (Å²) < 4.78 is 6.62. The maximum absolute atomic E-state index is 13.4. The van der Waals surface area contributed by atoms with Gasteiger partial charge in [0, 0.05) is 47.7 Å². The Balaban J connectivity index is 0.000000172. The van der Waals surface area contributed by atoms with Gasteiger partial charge in [-0.1, -0.05) is 191 Å². The molecule has 14 heteroatoms. The van der Waals surface area contributed by atoms with Gasteiger partial charge in [-0.2, -0.15) is 0 Å². The first-order chi connectivity index (χ1) is 39.8. The molecule has 12 rings (SSSR count). The summed E-state index contributed by atoms with van der Waals surface area (Å²) in [4.78, 5) is 64.4. The Morgan fingerprint density at radius 1 is 0.427 bits per heavy atom. The van der Waals surface area contributed by atoms with Crippen molar-refractivity contribution in [1.82, 2.24) is 29.4 Å². The van der Waals surface area contributed by atoms with Gasteiger partial charge in [-0.05, 0) is 98.5 Å². The van der Waals surface area contributed by atoms with E-state index >= 15 is 0 Å². The number of carbonyl (C=O) groups is 4. The molecular formula is C68H60N8O4S2. The van der Waals surface area contributed by atoms with Gasteiger partial charge in [0.15, 0.2) is 9.92 Å². The minimum atomic E-state index is -0.719. The first-order valence-corrected chi connectivity index (χ1v) is 28.8. The predicted octanol–water partition coefficient (Wildman–Crippen LogP) is 13.5. The van der Waals surface area contributed by atoms with E-state index < -0.39 is 12.1 Å². The average Bonchev–Trinajstić information content (AvgIpc) is 4.46. The second-order valence-corrected chi connectivity index (χ2v) is 22.8. The number of amides is 4. The molecule has 408 valence electrons. The van der Waals surface area contributed by atoms with Crippen LogP contribution in [0.5, 0.6) is 0 Å². The summed E-state index contributed by atoms with van der Waals surface area (Å²) >= 11 is 3.32. The predicted molar refractivity (Wildman–Crippen MR) is 333 cm³/mol. The number of nitrogens with zero attached hydrogens (tertiary/aromatic N) is 4. The highest BCUT2D eigenvalue weighted by atomic mass is 32.1. The summed E-state index contributed by atoms with van der Waals surface area (Å²) in [5.41, 5.74) is 15.5. The maximum atomic E-state index is 13.4. The zero-order valence-corrected chi connectivity index (χ0v) is 47.5. The van der Waals surface area contributed by atoms with Crippen molar-refractivity contribution in [2.75, 3.05) is 10.6 Å². The number of anilines is 2. The maximum Gasteiger partial charge on any atom is 0.247 e. The zero-order chi connectivity index (χ0) is 56.7. The largest absolute Gasteiger partial charge is 0.344 e. The zero-order valence-electron chi connectivity index (χ0n) is 45.9. The van der Waals surface area contributed by atoms with Crippen molar-refractivity contribution in [3.05, 3.63) is 251 Å². The highest BCUT2D eigenvalue weighted by Crippen LogP contribution is 2.32. The van der Waals surface area contributed by atoms with Crippen molar-refractivity contribution < 1.29 is 19.2 Å². The molecule has 4 heterocycles. The van der Waals surface area contributed by atoms with Gasteiger partial charge < -0.3 is 21.3 Å². The SMILES string of the molecule is Cc1cc(C)cc(CC(=O)N[C@@H](Cc2ccccc2)C(=O)Nc2ccc(-c3cn4c(n3)sc3ccccc34)cc2)c1.Cc1cc(C)cc(CC(=O)N[C@H](Cc2ccccc2)C(=O)Nc2ccc(-c3cn4c(n3)sc3ccccc34)cc2)c1. The number of fused-ring (bicyclic) bond motifs is 6. The van der Waals surface area contributed by atoms with Crippen LogP contribution in [0.3, 0.4) is 0 Å². The summed E-state index contributed by atoms with van der Waals surface area (Å²) in [6.45, 7) is 8.07. The summed E-state index contributed by atoms with van der Waals surface area (Å²) in [6, 6.07) is 62.0. The van der Waals surface area contributed by atoms with Gasteiger partial charge >= 0.3 is 0 Å². The molecule has 0 radical (unpaired) electrons. The Morgan fingerprint density at radius 3 is 1.16 bits per heavy atom. The standard InChI is InChI=1S/2C34H30N4O2S/c2*1-22-16-23(2)18-25(17-22)20-32(39)36-28(19-24-8-4-3-5-9-24)33(40)35-27-14-12-26(13-15-27)29-21-38-30-10-6-7-11-31(30)41-34(38)37-29/h2*3-18,21,28H,19-20H2,1-2H3,(H,35,40)(H,36,39)/t2*28-/m10/s1. The lowest BCUT2D eigenvalue weighted by Crippen LogP contribution is -2.45. The van der Waals surface area contributed by atoms with Crippen molar-refractivity contribution in [2.24, 2.45) is 0 Å². The van der Waals surface area contributed by atoms with Crippen LogP contribution in [0, 0.1) is 27.7 Å². The molecule has 0 bridgehead atoms. The van der Waals surface area contributed by atoms with Crippen LogP contribution in [0.25, 0.3) is 52.9 Å². The van der Waals surface area contributed by atoms with E-state index in [1.807, 2.05) is 198 Å². The first kappa shape index (κ1) is 54.5. The fourth-order valence-corrected chi connectivity index (χ4v) is 12.4. The van der Waals surface area contributed by atoms with E-state index in [0.717, 1.165) is 88.0 Å². The Morgan fingerprint density at radius 2 is 0.780 bits per heavy atom. The molecular weight excluding hydrogens is 1060 g/mol. The van der Waals surface area contributed by atoms with Gasteiger partial charge in [-0.25, -0.2) is 9.97 Å². The number of imidazole rings is 2. The fourth-order valence-electron chi connectivity index (χ4n) is 10.4. The summed E-state index contributed by atoms with van der Waals surface area (Å²) in [5, 5.41) is 11.9. The molecule has 0 unspecified atom stereocenters. The summed E-state index contributed by atoms with van der Waals surface area (Å²) in [6.07, 6.45) is 5.30. The molecule has 0 fully saturated rings. The lowest BCUT2D eigenvalue weighted by Gasteiger charge is -2.19.